The van der Waals surface area contributed by atoms with Gasteiger partial charge in [-0.15, -0.1) is 0 Å². The van der Waals surface area contributed by atoms with Gasteiger partial charge in [-0.1, -0.05) is 31.4 Å². The van der Waals surface area contributed by atoms with E-state index in [1.807, 2.05) is 6.92 Å². The molecule has 4 nitrogen and oxygen atoms in total. The van der Waals surface area contributed by atoms with Gasteiger partial charge in [0.1, 0.15) is 10.6 Å². The molecule has 0 amide bonds. The molecule has 0 atom stereocenters. The number of unbranched alkanes of at least 4 members (excludes halogenated alkanes) is 1. The maximum absolute atomic E-state index is 12.9. The molecule has 1 aromatic rings. The Morgan fingerprint density at radius 3 is 2.55 bits per heavy atom. The molecule has 0 N–H and O–H groups in total. The molecular weight excluding hydrogens is 322 g/mol. The van der Waals surface area contributed by atoms with Crippen molar-refractivity contribution in [3.05, 3.63) is 22.7 Å². The summed E-state index contributed by atoms with van der Waals surface area (Å²) >= 11 is 6.15. The number of nitrogens with zero attached hydrogens (tertiary/aromatic N) is 1. The summed E-state index contributed by atoms with van der Waals surface area (Å²) in [5.74, 6) is 0.418. The first-order valence-corrected chi connectivity index (χ1v) is 9.71. The number of ether oxygens (including phenoxy) is 1. The van der Waals surface area contributed by atoms with E-state index in [1.54, 1.807) is 10.4 Å². The summed E-state index contributed by atoms with van der Waals surface area (Å²) in [5, 5.41) is 0.457. The van der Waals surface area contributed by atoms with Crippen LogP contribution in [-0.4, -0.2) is 32.4 Å². The molecule has 1 aromatic carbocycles. The zero-order valence-corrected chi connectivity index (χ0v) is 14.8. The van der Waals surface area contributed by atoms with Crippen LogP contribution in [0.15, 0.2) is 17.0 Å². The van der Waals surface area contributed by atoms with Gasteiger partial charge in [0.15, 0.2) is 0 Å². The van der Waals surface area contributed by atoms with E-state index in [0.29, 0.717) is 30.5 Å². The minimum absolute atomic E-state index is 0.195. The summed E-state index contributed by atoms with van der Waals surface area (Å²) in [6.07, 6.45) is 4.79. The molecule has 0 aliphatic carbocycles. The number of halogens is 1. The predicted octanol–water partition coefficient (Wildman–Crippen LogP) is 4.00. The Morgan fingerprint density at radius 1 is 1.23 bits per heavy atom. The number of aryl methyl sites for hydroxylation is 1. The maximum atomic E-state index is 12.9. The highest BCUT2D eigenvalue weighted by atomic mass is 35.5. The third-order valence-corrected chi connectivity index (χ3v) is 6.24. The smallest absolute Gasteiger partial charge is 0.246 e. The molecule has 0 spiro atoms. The molecule has 2 rings (SSSR count). The fraction of sp³-hybridized carbons (Fsp3) is 0.625. The van der Waals surface area contributed by atoms with Crippen LogP contribution in [-0.2, 0) is 10.0 Å². The average Bonchev–Trinajstić information content (AvgIpc) is 2.51. The second-order valence-corrected chi connectivity index (χ2v) is 8.03. The Hall–Kier alpha value is -0.780. The van der Waals surface area contributed by atoms with Crippen molar-refractivity contribution < 1.29 is 13.2 Å². The van der Waals surface area contributed by atoms with Gasteiger partial charge in [0.05, 0.1) is 6.61 Å². The number of sulfonamides is 1. The largest absolute Gasteiger partial charge is 0.492 e. The highest BCUT2D eigenvalue weighted by molar-refractivity contribution is 7.89. The average molecular weight is 346 g/mol. The summed E-state index contributed by atoms with van der Waals surface area (Å²) in [5.41, 5.74) is 0.825. The molecule has 1 saturated heterocycles. The van der Waals surface area contributed by atoms with E-state index in [4.69, 9.17) is 16.3 Å². The minimum atomic E-state index is -3.55. The van der Waals surface area contributed by atoms with Crippen molar-refractivity contribution >= 4 is 21.6 Å². The third kappa shape index (κ3) is 3.94. The lowest BCUT2D eigenvalue weighted by molar-refractivity contribution is 0.298. The van der Waals surface area contributed by atoms with Crippen LogP contribution < -0.4 is 4.74 Å². The van der Waals surface area contributed by atoms with Gasteiger partial charge in [-0.3, -0.25) is 0 Å². The summed E-state index contributed by atoms with van der Waals surface area (Å²) < 4.78 is 33.1. The van der Waals surface area contributed by atoms with E-state index in [-0.39, 0.29) is 4.90 Å². The van der Waals surface area contributed by atoms with Crippen molar-refractivity contribution in [1.29, 1.82) is 0 Å². The maximum Gasteiger partial charge on any atom is 0.246 e. The van der Waals surface area contributed by atoms with Crippen molar-refractivity contribution in [2.75, 3.05) is 19.7 Å². The molecule has 124 valence electrons. The van der Waals surface area contributed by atoms with Gasteiger partial charge in [-0.25, -0.2) is 8.42 Å². The Kier molecular flexibility index (Phi) is 6.12. The van der Waals surface area contributed by atoms with E-state index < -0.39 is 10.0 Å². The summed E-state index contributed by atoms with van der Waals surface area (Å²) in [6, 6.07) is 3.26. The summed E-state index contributed by atoms with van der Waals surface area (Å²) in [4.78, 5) is 0.195. The first-order valence-electron chi connectivity index (χ1n) is 7.90. The Balaban J connectivity index is 2.36. The van der Waals surface area contributed by atoms with E-state index in [1.165, 1.54) is 6.07 Å². The molecule has 0 saturated carbocycles. The van der Waals surface area contributed by atoms with Crippen molar-refractivity contribution in [2.24, 2.45) is 0 Å². The number of piperidine rings is 1. The topological polar surface area (TPSA) is 46.6 Å². The van der Waals surface area contributed by atoms with Gasteiger partial charge in [-0.05, 0) is 43.9 Å². The predicted molar refractivity (Wildman–Crippen MR) is 89.2 cm³/mol. The fourth-order valence-corrected chi connectivity index (χ4v) is 4.41. The van der Waals surface area contributed by atoms with Gasteiger partial charge < -0.3 is 4.74 Å². The first-order chi connectivity index (χ1) is 10.5. The van der Waals surface area contributed by atoms with E-state index in [9.17, 15) is 8.42 Å². The molecule has 1 aliphatic heterocycles. The zero-order valence-electron chi connectivity index (χ0n) is 13.3. The van der Waals surface area contributed by atoms with Crippen LogP contribution in [0.5, 0.6) is 5.75 Å². The number of hydrogen-bond donors (Lipinski definition) is 0. The fourth-order valence-electron chi connectivity index (χ4n) is 2.52. The Morgan fingerprint density at radius 2 is 1.91 bits per heavy atom. The van der Waals surface area contributed by atoms with Crippen molar-refractivity contribution in [2.45, 2.75) is 50.8 Å². The van der Waals surface area contributed by atoms with Crippen LogP contribution in [0.3, 0.4) is 0 Å². The van der Waals surface area contributed by atoms with E-state index in [2.05, 4.69) is 6.92 Å². The third-order valence-electron chi connectivity index (χ3n) is 3.91. The summed E-state index contributed by atoms with van der Waals surface area (Å²) in [7, 11) is -3.55. The number of benzene rings is 1. The molecule has 0 unspecified atom stereocenters. The minimum Gasteiger partial charge on any atom is -0.492 e. The molecule has 6 heteroatoms. The molecule has 1 heterocycles. The molecule has 1 aliphatic rings. The van der Waals surface area contributed by atoms with Crippen LogP contribution in [0.4, 0.5) is 0 Å². The number of rotatable bonds is 6. The number of hydrogen-bond acceptors (Lipinski definition) is 3. The lowest BCUT2D eigenvalue weighted by atomic mass is 10.2. The molecule has 1 fully saturated rings. The first kappa shape index (κ1) is 17.6. The second kappa shape index (κ2) is 7.66. The van der Waals surface area contributed by atoms with Gasteiger partial charge in [-0.2, -0.15) is 4.31 Å². The lowest BCUT2D eigenvalue weighted by Gasteiger charge is -2.27. The SMILES string of the molecule is CCCCOc1cc(C)c(Cl)cc1S(=O)(=O)N1CCCCC1. The normalized spacial score (nSPS) is 16.7. The molecule has 0 aromatic heterocycles. The zero-order chi connectivity index (χ0) is 16.2. The van der Waals surface area contributed by atoms with Crippen molar-refractivity contribution in [1.82, 2.24) is 4.31 Å². The van der Waals surface area contributed by atoms with Crippen LogP contribution in [0, 0.1) is 6.92 Å². The van der Waals surface area contributed by atoms with Gasteiger partial charge >= 0.3 is 0 Å². The highest BCUT2D eigenvalue weighted by Gasteiger charge is 2.29. The van der Waals surface area contributed by atoms with E-state index in [0.717, 1.165) is 37.7 Å². The van der Waals surface area contributed by atoms with Crippen LogP contribution in [0.1, 0.15) is 44.6 Å². The van der Waals surface area contributed by atoms with Crippen molar-refractivity contribution in [3.8, 4) is 5.75 Å². The van der Waals surface area contributed by atoms with Crippen molar-refractivity contribution in [3.63, 3.8) is 0 Å². The van der Waals surface area contributed by atoms with Crippen LogP contribution in [0.2, 0.25) is 5.02 Å². The second-order valence-electron chi connectivity index (χ2n) is 5.71. The summed E-state index contributed by atoms with van der Waals surface area (Å²) in [6.45, 7) is 5.58. The van der Waals surface area contributed by atoms with Gasteiger partial charge in [0, 0.05) is 18.1 Å². The monoisotopic (exact) mass is 345 g/mol. The van der Waals surface area contributed by atoms with Crippen LogP contribution >= 0.6 is 11.6 Å². The van der Waals surface area contributed by atoms with Crippen LogP contribution in [0.25, 0.3) is 0 Å². The molecule has 0 radical (unpaired) electrons. The molecular formula is C16H24ClNO3S. The van der Waals surface area contributed by atoms with Gasteiger partial charge in [0.2, 0.25) is 10.0 Å². The Labute approximate surface area is 138 Å². The lowest BCUT2D eigenvalue weighted by Crippen LogP contribution is -2.35. The highest BCUT2D eigenvalue weighted by Crippen LogP contribution is 2.33. The standard InChI is InChI=1S/C16H24ClNO3S/c1-3-4-10-21-15-11-13(2)14(17)12-16(15)22(19,20)18-8-6-5-7-9-18/h11-12H,3-10H2,1-2H3. The molecule has 0 bridgehead atoms. The van der Waals surface area contributed by atoms with Gasteiger partial charge in [0.25, 0.3) is 0 Å². The molecule has 22 heavy (non-hydrogen) atoms. The Bertz CT molecular complexity index is 610. The quantitative estimate of drug-likeness (QED) is 0.732. The van der Waals surface area contributed by atoms with E-state index >= 15 is 0 Å².